The van der Waals surface area contributed by atoms with E-state index in [1.165, 1.54) is 0 Å². The Balaban J connectivity index is 1.84. The van der Waals surface area contributed by atoms with Gasteiger partial charge in [0.05, 0.1) is 22.4 Å². The van der Waals surface area contributed by atoms with Crippen LogP contribution in [0.3, 0.4) is 0 Å². The molecule has 0 spiro atoms. The SMILES string of the molecule is CCN(CC)c1ccc(N=Nc2ccc3[nH]c(=O)c(=O)[nH]c3c2)cc1. The second-order valence-corrected chi connectivity index (χ2v) is 5.53. The van der Waals surface area contributed by atoms with Crippen molar-refractivity contribution < 1.29 is 0 Å². The number of hydrogen-bond donors (Lipinski definition) is 2. The molecule has 7 nitrogen and oxygen atoms in total. The van der Waals surface area contributed by atoms with E-state index in [4.69, 9.17) is 0 Å². The highest BCUT2D eigenvalue weighted by atomic mass is 16.2. The lowest BCUT2D eigenvalue weighted by Crippen LogP contribution is -2.28. The molecule has 0 saturated heterocycles. The van der Waals surface area contributed by atoms with Crippen LogP contribution in [-0.2, 0) is 0 Å². The number of aromatic nitrogens is 2. The number of hydrogen-bond acceptors (Lipinski definition) is 5. The van der Waals surface area contributed by atoms with Crippen molar-refractivity contribution in [3.63, 3.8) is 0 Å². The topological polar surface area (TPSA) is 93.7 Å². The zero-order valence-corrected chi connectivity index (χ0v) is 14.1. The highest BCUT2D eigenvalue weighted by Crippen LogP contribution is 2.23. The van der Waals surface area contributed by atoms with Gasteiger partial charge in [0.15, 0.2) is 0 Å². The van der Waals surface area contributed by atoms with Gasteiger partial charge < -0.3 is 14.9 Å². The third-order valence-corrected chi connectivity index (χ3v) is 3.97. The minimum atomic E-state index is -0.686. The first kappa shape index (κ1) is 16.6. The van der Waals surface area contributed by atoms with Gasteiger partial charge in [0.25, 0.3) is 0 Å². The van der Waals surface area contributed by atoms with Gasteiger partial charge in [-0.05, 0) is 56.3 Å². The number of benzene rings is 2. The van der Waals surface area contributed by atoms with Crippen LogP contribution in [0, 0.1) is 0 Å². The Kier molecular flexibility index (Phi) is 4.74. The molecule has 0 radical (unpaired) electrons. The average Bonchev–Trinajstić information content (AvgIpc) is 2.63. The second kappa shape index (κ2) is 7.12. The largest absolute Gasteiger partial charge is 0.372 e. The first-order valence-electron chi connectivity index (χ1n) is 8.14. The highest BCUT2D eigenvalue weighted by Gasteiger charge is 2.02. The minimum Gasteiger partial charge on any atom is -0.372 e. The van der Waals surface area contributed by atoms with Crippen LogP contribution in [-0.4, -0.2) is 23.1 Å². The third-order valence-electron chi connectivity index (χ3n) is 3.97. The lowest BCUT2D eigenvalue weighted by molar-refractivity contribution is 0.866. The van der Waals surface area contributed by atoms with Gasteiger partial charge in [-0.3, -0.25) is 9.59 Å². The normalized spacial score (nSPS) is 11.3. The summed E-state index contributed by atoms with van der Waals surface area (Å²) in [4.78, 5) is 30.0. The van der Waals surface area contributed by atoms with Crippen molar-refractivity contribution in [3.05, 3.63) is 63.2 Å². The van der Waals surface area contributed by atoms with Crippen molar-refractivity contribution in [1.82, 2.24) is 9.97 Å². The third kappa shape index (κ3) is 3.65. The lowest BCUT2D eigenvalue weighted by Gasteiger charge is -2.20. The summed E-state index contributed by atoms with van der Waals surface area (Å²) in [5.74, 6) is 0. The van der Waals surface area contributed by atoms with Gasteiger partial charge in [0.1, 0.15) is 0 Å². The van der Waals surface area contributed by atoms with Crippen molar-refractivity contribution in [2.45, 2.75) is 13.8 Å². The average molecular weight is 337 g/mol. The summed E-state index contributed by atoms with van der Waals surface area (Å²) in [6, 6.07) is 12.9. The van der Waals surface area contributed by atoms with Gasteiger partial charge in [0.2, 0.25) is 0 Å². The van der Waals surface area contributed by atoms with Crippen LogP contribution in [0.5, 0.6) is 0 Å². The van der Waals surface area contributed by atoms with Crippen LogP contribution in [0.25, 0.3) is 11.0 Å². The van der Waals surface area contributed by atoms with E-state index in [0.29, 0.717) is 16.7 Å². The van der Waals surface area contributed by atoms with Crippen molar-refractivity contribution in [3.8, 4) is 0 Å². The number of fused-ring (bicyclic) bond motifs is 1. The monoisotopic (exact) mass is 337 g/mol. The molecule has 0 aliphatic heterocycles. The van der Waals surface area contributed by atoms with E-state index < -0.39 is 11.1 Å². The molecule has 0 atom stereocenters. The van der Waals surface area contributed by atoms with E-state index in [-0.39, 0.29) is 0 Å². The summed E-state index contributed by atoms with van der Waals surface area (Å²) in [5.41, 5.74) is 2.18. The smallest absolute Gasteiger partial charge is 0.314 e. The Labute approximate surface area is 144 Å². The van der Waals surface area contributed by atoms with E-state index in [1.807, 2.05) is 24.3 Å². The summed E-state index contributed by atoms with van der Waals surface area (Å²) in [6.45, 7) is 6.15. The standard InChI is InChI=1S/C18H19N5O2/c1-3-23(4-2)14-8-5-12(6-9-14)21-22-13-7-10-15-16(11-13)20-18(25)17(24)19-15/h5-11H,3-4H2,1-2H3,(H,19,24)(H,20,25). The number of anilines is 1. The lowest BCUT2D eigenvalue weighted by atomic mass is 10.2. The predicted octanol–water partition coefficient (Wildman–Crippen LogP) is 3.48. The molecule has 0 aliphatic rings. The fourth-order valence-corrected chi connectivity index (χ4v) is 2.60. The molecule has 0 saturated carbocycles. The number of aromatic amines is 2. The maximum absolute atomic E-state index is 11.4. The molecular formula is C18H19N5O2. The van der Waals surface area contributed by atoms with Crippen LogP contribution in [0.15, 0.2) is 62.3 Å². The molecule has 25 heavy (non-hydrogen) atoms. The summed E-state index contributed by atoms with van der Waals surface area (Å²) in [6.07, 6.45) is 0. The zero-order chi connectivity index (χ0) is 17.8. The molecule has 2 N–H and O–H groups in total. The molecule has 2 aromatic carbocycles. The van der Waals surface area contributed by atoms with E-state index >= 15 is 0 Å². The van der Waals surface area contributed by atoms with Gasteiger partial charge in [-0.1, -0.05) is 0 Å². The predicted molar refractivity (Wildman–Crippen MR) is 99.4 cm³/mol. The molecule has 1 aromatic heterocycles. The van der Waals surface area contributed by atoms with Gasteiger partial charge in [0, 0.05) is 18.8 Å². The molecule has 3 rings (SSSR count). The van der Waals surface area contributed by atoms with Crippen molar-refractivity contribution in [1.29, 1.82) is 0 Å². The molecule has 0 aliphatic carbocycles. The Morgan fingerprint density at radius 2 is 1.36 bits per heavy atom. The Morgan fingerprint density at radius 1 is 0.800 bits per heavy atom. The van der Waals surface area contributed by atoms with Crippen molar-refractivity contribution in [2.24, 2.45) is 10.2 Å². The maximum Gasteiger partial charge on any atom is 0.314 e. The fraction of sp³-hybridized carbons (Fsp3) is 0.222. The van der Waals surface area contributed by atoms with Crippen molar-refractivity contribution >= 4 is 28.1 Å². The molecule has 128 valence electrons. The zero-order valence-electron chi connectivity index (χ0n) is 14.1. The highest BCUT2D eigenvalue weighted by molar-refractivity contribution is 5.77. The summed E-state index contributed by atoms with van der Waals surface area (Å²) in [7, 11) is 0. The Morgan fingerprint density at radius 3 is 2.00 bits per heavy atom. The molecule has 1 heterocycles. The summed E-state index contributed by atoms with van der Waals surface area (Å²) in [5, 5.41) is 8.41. The molecule has 0 amide bonds. The molecule has 0 unspecified atom stereocenters. The first-order valence-corrected chi connectivity index (χ1v) is 8.14. The quantitative estimate of drug-likeness (QED) is 0.551. The molecular weight excluding hydrogens is 318 g/mol. The van der Waals surface area contributed by atoms with Gasteiger partial charge in [-0.2, -0.15) is 10.2 Å². The molecule has 0 bridgehead atoms. The second-order valence-electron chi connectivity index (χ2n) is 5.53. The van der Waals surface area contributed by atoms with Crippen LogP contribution >= 0.6 is 0 Å². The number of azo groups is 1. The number of H-pyrrole nitrogens is 2. The van der Waals surface area contributed by atoms with E-state index in [1.54, 1.807) is 18.2 Å². The molecule has 3 aromatic rings. The van der Waals surface area contributed by atoms with Crippen LogP contribution in [0.1, 0.15) is 13.8 Å². The van der Waals surface area contributed by atoms with Gasteiger partial charge >= 0.3 is 11.1 Å². The van der Waals surface area contributed by atoms with Crippen LogP contribution in [0.4, 0.5) is 17.1 Å². The Bertz CT molecular complexity index is 1010. The van der Waals surface area contributed by atoms with Gasteiger partial charge in [-0.25, -0.2) is 0 Å². The maximum atomic E-state index is 11.4. The number of nitrogens with one attached hydrogen (secondary N) is 2. The van der Waals surface area contributed by atoms with E-state index in [2.05, 4.69) is 38.9 Å². The fourth-order valence-electron chi connectivity index (χ4n) is 2.60. The Hall–Kier alpha value is -3.22. The summed E-state index contributed by atoms with van der Waals surface area (Å²) >= 11 is 0. The van der Waals surface area contributed by atoms with Gasteiger partial charge in [-0.15, -0.1) is 0 Å². The van der Waals surface area contributed by atoms with E-state index in [0.717, 1.165) is 24.5 Å². The van der Waals surface area contributed by atoms with Crippen LogP contribution in [0.2, 0.25) is 0 Å². The number of nitrogens with zero attached hydrogens (tertiary/aromatic N) is 3. The molecule has 0 fully saturated rings. The van der Waals surface area contributed by atoms with Crippen LogP contribution < -0.4 is 16.0 Å². The molecule has 7 heteroatoms. The number of rotatable bonds is 5. The minimum absolute atomic E-state index is 0.512. The van der Waals surface area contributed by atoms with E-state index in [9.17, 15) is 9.59 Å². The summed E-state index contributed by atoms with van der Waals surface area (Å²) < 4.78 is 0. The van der Waals surface area contributed by atoms with Crippen molar-refractivity contribution in [2.75, 3.05) is 18.0 Å². The first-order chi connectivity index (χ1) is 12.1.